The van der Waals surface area contributed by atoms with Crippen molar-refractivity contribution in [1.29, 1.82) is 0 Å². The standard InChI is InChI=1S/C21H22O5/c1-23-15-26-19-13-10-17(14-20(19)24-2)7-5-4-6-16-8-11-18(12-9-16)21(22)25-3/h4-14H,15H2,1-3H3. The Balaban J connectivity index is 2.01. The minimum Gasteiger partial charge on any atom is -0.493 e. The molecular weight excluding hydrogens is 332 g/mol. The predicted octanol–water partition coefficient (Wildman–Crippen LogP) is 4.19. The molecule has 0 spiro atoms. The number of carbonyl (C=O) groups excluding carboxylic acids is 1. The van der Waals surface area contributed by atoms with E-state index in [4.69, 9.17) is 14.2 Å². The van der Waals surface area contributed by atoms with Crippen molar-refractivity contribution in [3.8, 4) is 11.5 Å². The molecule has 0 unspecified atom stereocenters. The quantitative estimate of drug-likeness (QED) is 0.404. The molecule has 0 aromatic heterocycles. The van der Waals surface area contributed by atoms with Gasteiger partial charge in [0.15, 0.2) is 18.3 Å². The molecule has 136 valence electrons. The zero-order valence-electron chi connectivity index (χ0n) is 15.1. The van der Waals surface area contributed by atoms with Crippen LogP contribution in [0.25, 0.3) is 12.2 Å². The van der Waals surface area contributed by atoms with Gasteiger partial charge in [0.05, 0.1) is 19.8 Å². The van der Waals surface area contributed by atoms with E-state index < -0.39 is 0 Å². The van der Waals surface area contributed by atoms with E-state index >= 15 is 0 Å². The Kier molecular flexibility index (Phi) is 7.46. The summed E-state index contributed by atoms with van der Waals surface area (Å²) < 4.78 is 20.3. The van der Waals surface area contributed by atoms with Gasteiger partial charge in [-0.25, -0.2) is 4.79 Å². The maximum Gasteiger partial charge on any atom is 0.337 e. The summed E-state index contributed by atoms with van der Waals surface area (Å²) in [5.41, 5.74) is 2.50. The molecule has 0 saturated heterocycles. The zero-order valence-corrected chi connectivity index (χ0v) is 15.1. The van der Waals surface area contributed by atoms with Crippen LogP contribution in [0.15, 0.2) is 54.6 Å². The molecule has 2 rings (SSSR count). The van der Waals surface area contributed by atoms with E-state index in [0.717, 1.165) is 11.1 Å². The van der Waals surface area contributed by atoms with Crippen LogP contribution in [0.4, 0.5) is 0 Å². The van der Waals surface area contributed by atoms with Crippen LogP contribution in [0.1, 0.15) is 21.5 Å². The van der Waals surface area contributed by atoms with Gasteiger partial charge in [0.1, 0.15) is 0 Å². The number of methoxy groups -OCH3 is 3. The highest BCUT2D eigenvalue weighted by Crippen LogP contribution is 2.28. The summed E-state index contributed by atoms with van der Waals surface area (Å²) >= 11 is 0. The van der Waals surface area contributed by atoms with Crippen molar-refractivity contribution in [3.63, 3.8) is 0 Å². The second-order valence-electron chi connectivity index (χ2n) is 5.29. The third-order valence-electron chi connectivity index (χ3n) is 3.54. The first-order chi connectivity index (χ1) is 12.7. The smallest absolute Gasteiger partial charge is 0.337 e. The van der Waals surface area contributed by atoms with Crippen LogP contribution in [0.3, 0.4) is 0 Å². The van der Waals surface area contributed by atoms with Crippen LogP contribution in [0, 0.1) is 0 Å². The van der Waals surface area contributed by atoms with Crippen molar-refractivity contribution in [2.24, 2.45) is 0 Å². The second kappa shape index (κ2) is 10.1. The van der Waals surface area contributed by atoms with E-state index in [1.54, 1.807) is 26.4 Å². The Morgan fingerprint density at radius 3 is 2.15 bits per heavy atom. The average molecular weight is 354 g/mol. The molecule has 0 aliphatic heterocycles. The lowest BCUT2D eigenvalue weighted by atomic mass is 10.1. The summed E-state index contributed by atoms with van der Waals surface area (Å²) in [5.74, 6) is 0.937. The fourth-order valence-electron chi connectivity index (χ4n) is 2.21. The third kappa shape index (κ3) is 5.50. The Morgan fingerprint density at radius 1 is 0.885 bits per heavy atom. The van der Waals surface area contributed by atoms with E-state index in [2.05, 4.69) is 4.74 Å². The lowest BCUT2D eigenvalue weighted by molar-refractivity contribution is 0.0491. The number of benzene rings is 2. The van der Waals surface area contributed by atoms with Crippen molar-refractivity contribution in [1.82, 2.24) is 0 Å². The summed E-state index contributed by atoms with van der Waals surface area (Å²) in [4.78, 5) is 11.4. The first-order valence-electron chi connectivity index (χ1n) is 8.01. The molecule has 26 heavy (non-hydrogen) atoms. The predicted molar refractivity (Wildman–Crippen MR) is 101 cm³/mol. The molecule has 0 bridgehead atoms. The van der Waals surface area contributed by atoms with E-state index in [1.807, 2.05) is 54.6 Å². The second-order valence-corrected chi connectivity index (χ2v) is 5.29. The monoisotopic (exact) mass is 354 g/mol. The maximum atomic E-state index is 11.4. The van der Waals surface area contributed by atoms with Gasteiger partial charge in [-0.2, -0.15) is 0 Å². The fourth-order valence-corrected chi connectivity index (χ4v) is 2.21. The molecule has 0 atom stereocenters. The summed E-state index contributed by atoms with van der Waals surface area (Å²) in [6.07, 6.45) is 7.76. The van der Waals surface area contributed by atoms with Crippen LogP contribution in [-0.4, -0.2) is 34.1 Å². The lowest BCUT2D eigenvalue weighted by Crippen LogP contribution is -2.00. The highest BCUT2D eigenvalue weighted by atomic mass is 16.7. The van der Waals surface area contributed by atoms with Crippen molar-refractivity contribution < 1.29 is 23.7 Å². The number of carbonyl (C=O) groups is 1. The van der Waals surface area contributed by atoms with Gasteiger partial charge >= 0.3 is 5.97 Å². The summed E-state index contributed by atoms with van der Waals surface area (Å²) in [6.45, 7) is 0.170. The van der Waals surface area contributed by atoms with E-state index in [-0.39, 0.29) is 12.8 Å². The van der Waals surface area contributed by atoms with E-state index in [0.29, 0.717) is 17.1 Å². The summed E-state index contributed by atoms with van der Waals surface area (Å²) in [7, 11) is 4.53. The Hall–Kier alpha value is -3.05. The molecule has 2 aromatic carbocycles. The van der Waals surface area contributed by atoms with Crippen LogP contribution in [0.5, 0.6) is 11.5 Å². The maximum absolute atomic E-state index is 11.4. The summed E-state index contributed by atoms with van der Waals surface area (Å²) in [5, 5.41) is 0. The highest BCUT2D eigenvalue weighted by molar-refractivity contribution is 5.89. The Morgan fingerprint density at radius 2 is 1.54 bits per heavy atom. The molecule has 0 aliphatic rings. The average Bonchev–Trinajstić information content (AvgIpc) is 2.69. The molecule has 0 heterocycles. The number of esters is 1. The molecule has 0 N–H and O–H groups in total. The molecular formula is C21H22O5. The summed E-state index contributed by atoms with van der Waals surface area (Å²) in [6, 6.07) is 12.9. The third-order valence-corrected chi connectivity index (χ3v) is 3.54. The number of hydrogen-bond donors (Lipinski definition) is 0. The molecule has 5 heteroatoms. The minimum absolute atomic E-state index is 0.170. The molecule has 0 saturated carbocycles. The Bertz CT molecular complexity index is 775. The van der Waals surface area contributed by atoms with Crippen LogP contribution in [-0.2, 0) is 9.47 Å². The topological polar surface area (TPSA) is 54.0 Å². The first kappa shape index (κ1) is 19.3. The normalized spacial score (nSPS) is 11.0. The lowest BCUT2D eigenvalue weighted by Gasteiger charge is -2.10. The van der Waals surface area contributed by atoms with Crippen LogP contribution >= 0.6 is 0 Å². The zero-order chi connectivity index (χ0) is 18.8. The van der Waals surface area contributed by atoms with Gasteiger partial charge in [0.25, 0.3) is 0 Å². The molecule has 0 amide bonds. The molecule has 0 fully saturated rings. The highest BCUT2D eigenvalue weighted by Gasteiger charge is 2.04. The van der Waals surface area contributed by atoms with Gasteiger partial charge in [0.2, 0.25) is 0 Å². The molecule has 5 nitrogen and oxygen atoms in total. The van der Waals surface area contributed by atoms with E-state index in [9.17, 15) is 4.79 Å². The number of hydrogen-bond acceptors (Lipinski definition) is 5. The van der Waals surface area contributed by atoms with E-state index in [1.165, 1.54) is 7.11 Å². The van der Waals surface area contributed by atoms with Gasteiger partial charge in [-0.3, -0.25) is 0 Å². The van der Waals surface area contributed by atoms with Crippen molar-refractivity contribution in [2.45, 2.75) is 0 Å². The number of rotatable bonds is 8. The molecule has 2 aromatic rings. The molecule has 0 aliphatic carbocycles. The van der Waals surface area contributed by atoms with Gasteiger partial charge in [-0.15, -0.1) is 0 Å². The molecule has 0 radical (unpaired) electrons. The minimum atomic E-state index is -0.340. The van der Waals surface area contributed by atoms with Gasteiger partial charge in [-0.05, 0) is 35.4 Å². The fraction of sp³-hybridized carbons (Fsp3) is 0.190. The number of ether oxygens (including phenoxy) is 4. The first-order valence-corrected chi connectivity index (χ1v) is 8.01. The van der Waals surface area contributed by atoms with Crippen molar-refractivity contribution >= 4 is 18.1 Å². The van der Waals surface area contributed by atoms with Crippen molar-refractivity contribution in [3.05, 3.63) is 71.3 Å². The SMILES string of the molecule is COCOc1ccc(C=CC=Cc2ccc(C(=O)OC)cc2)cc1OC. The largest absolute Gasteiger partial charge is 0.493 e. The van der Waals surface area contributed by atoms with Crippen molar-refractivity contribution in [2.75, 3.05) is 28.1 Å². The van der Waals surface area contributed by atoms with Crippen LogP contribution in [0.2, 0.25) is 0 Å². The van der Waals surface area contributed by atoms with Crippen LogP contribution < -0.4 is 9.47 Å². The van der Waals surface area contributed by atoms with Gasteiger partial charge in [0, 0.05) is 7.11 Å². The number of allylic oxidation sites excluding steroid dienone is 2. The van der Waals surface area contributed by atoms with Gasteiger partial charge in [-0.1, -0.05) is 42.5 Å². The van der Waals surface area contributed by atoms with Gasteiger partial charge < -0.3 is 18.9 Å². The Labute approximate surface area is 153 Å².